The van der Waals surface area contributed by atoms with Gasteiger partial charge in [0.05, 0.1) is 28.7 Å². The molecule has 2 N–H and O–H groups in total. The molecule has 0 unspecified atom stereocenters. The lowest BCUT2D eigenvalue weighted by Gasteiger charge is -2.05. The zero-order valence-corrected chi connectivity index (χ0v) is 17.1. The fourth-order valence-corrected chi connectivity index (χ4v) is 3.68. The number of nitrogens with one attached hydrogen (secondary N) is 1. The summed E-state index contributed by atoms with van der Waals surface area (Å²) in [6.07, 6.45) is 1.63. The molecule has 0 spiro atoms. The summed E-state index contributed by atoms with van der Waals surface area (Å²) < 4.78 is 6.57. The standard InChI is InChI=1S/C23H20N4O2S/c1-2-29-19-12-10-17(11-13-19)25-22(23-26-20-8-3-4-9-21(20)30-23)27-24-15-16-6-5-7-18(28)14-16/h3-15,28H,2H2,1H3,(H,25,27)/b24-15+. The van der Waals surface area contributed by atoms with E-state index in [1.165, 1.54) is 0 Å². The molecule has 0 saturated carbocycles. The maximum absolute atomic E-state index is 9.61. The number of hydrogen-bond donors (Lipinski definition) is 2. The first-order valence-electron chi connectivity index (χ1n) is 9.47. The molecule has 1 aromatic heterocycles. The molecule has 150 valence electrons. The summed E-state index contributed by atoms with van der Waals surface area (Å²) in [7, 11) is 0. The summed E-state index contributed by atoms with van der Waals surface area (Å²) in [4.78, 5) is 9.39. The lowest BCUT2D eigenvalue weighted by atomic mass is 10.2. The van der Waals surface area contributed by atoms with Crippen LogP contribution < -0.4 is 10.2 Å². The minimum atomic E-state index is 0.188. The van der Waals surface area contributed by atoms with E-state index in [2.05, 4.69) is 15.5 Å². The number of hydrazone groups is 1. The van der Waals surface area contributed by atoms with Crippen LogP contribution in [0.25, 0.3) is 10.2 Å². The van der Waals surface area contributed by atoms with Crippen LogP contribution >= 0.6 is 11.3 Å². The summed E-state index contributed by atoms with van der Waals surface area (Å²) in [5.74, 6) is 1.53. The van der Waals surface area contributed by atoms with Crippen molar-refractivity contribution in [2.24, 2.45) is 10.1 Å². The van der Waals surface area contributed by atoms with Crippen molar-refractivity contribution >= 4 is 39.3 Å². The molecular formula is C23H20N4O2S. The number of aromatic hydroxyl groups is 1. The van der Waals surface area contributed by atoms with E-state index >= 15 is 0 Å². The maximum atomic E-state index is 9.61. The van der Waals surface area contributed by atoms with Crippen molar-refractivity contribution in [3.63, 3.8) is 0 Å². The lowest BCUT2D eigenvalue weighted by Crippen LogP contribution is -2.18. The Balaban J connectivity index is 1.65. The van der Waals surface area contributed by atoms with Crippen LogP contribution in [0, 0.1) is 0 Å². The molecule has 0 radical (unpaired) electrons. The Kier molecular flexibility index (Phi) is 6.01. The van der Waals surface area contributed by atoms with Crippen molar-refractivity contribution < 1.29 is 9.84 Å². The fraction of sp³-hybridized carbons (Fsp3) is 0.0870. The molecule has 6 nitrogen and oxygen atoms in total. The number of aromatic nitrogens is 1. The summed E-state index contributed by atoms with van der Waals surface area (Å²) in [6, 6.07) is 22.4. The van der Waals surface area contributed by atoms with Gasteiger partial charge in [-0.3, -0.25) is 5.43 Å². The Morgan fingerprint density at radius 3 is 2.70 bits per heavy atom. The number of phenols is 1. The zero-order chi connectivity index (χ0) is 20.8. The van der Waals surface area contributed by atoms with Crippen LogP contribution in [0.3, 0.4) is 0 Å². The minimum absolute atomic E-state index is 0.188. The highest BCUT2D eigenvalue weighted by Crippen LogP contribution is 2.24. The summed E-state index contributed by atoms with van der Waals surface area (Å²) >= 11 is 1.54. The Morgan fingerprint density at radius 2 is 1.93 bits per heavy atom. The molecule has 4 rings (SSSR count). The first-order valence-corrected chi connectivity index (χ1v) is 10.3. The third-order valence-electron chi connectivity index (χ3n) is 4.14. The average molecular weight is 417 g/mol. The van der Waals surface area contributed by atoms with E-state index in [-0.39, 0.29) is 5.75 Å². The molecular weight excluding hydrogens is 396 g/mol. The van der Waals surface area contributed by atoms with E-state index in [1.54, 1.807) is 35.8 Å². The Bertz CT molecular complexity index is 1170. The molecule has 7 heteroatoms. The molecule has 0 aliphatic carbocycles. The summed E-state index contributed by atoms with van der Waals surface area (Å²) in [5.41, 5.74) is 5.45. The second-order valence-corrected chi connectivity index (χ2v) is 7.37. The highest BCUT2D eigenvalue weighted by Gasteiger charge is 2.10. The second kappa shape index (κ2) is 9.19. The van der Waals surface area contributed by atoms with Crippen LogP contribution in [0.2, 0.25) is 0 Å². The predicted octanol–water partition coefficient (Wildman–Crippen LogP) is 5.10. The molecule has 1 heterocycles. The van der Waals surface area contributed by atoms with Gasteiger partial charge in [0, 0.05) is 0 Å². The number of aliphatic imine (C=N–C) groups is 1. The number of amidine groups is 1. The molecule has 0 bridgehead atoms. The smallest absolute Gasteiger partial charge is 0.183 e. The van der Waals surface area contributed by atoms with E-state index in [0.717, 1.165) is 32.2 Å². The van der Waals surface area contributed by atoms with E-state index in [0.29, 0.717) is 12.4 Å². The van der Waals surface area contributed by atoms with Crippen molar-refractivity contribution in [3.05, 3.63) is 83.4 Å². The van der Waals surface area contributed by atoms with Gasteiger partial charge in [-0.1, -0.05) is 24.3 Å². The average Bonchev–Trinajstić information content (AvgIpc) is 3.19. The molecule has 0 aliphatic rings. The summed E-state index contributed by atoms with van der Waals surface area (Å²) in [6.45, 7) is 2.57. The van der Waals surface area contributed by atoms with Gasteiger partial charge < -0.3 is 9.84 Å². The minimum Gasteiger partial charge on any atom is -0.508 e. The quantitative estimate of drug-likeness (QED) is 0.260. The second-order valence-electron chi connectivity index (χ2n) is 6.34. The largest absolute Gasteiger partial charge is 0.508 e. The number of rotatable bonds is 6. The van der Waals surface area contributed by atoms with Crippen molar-refractivity contribution in [3.8, 4) is 11.5 Å². The molecule has 30 heavy (non-hydrogen) atoms. The number of phenolic OH excluding ortho intramolecular Hbond substituents is 1. The van der Waals surface area contributed by atoms with Crippen molar-refractivity contribution in [2.75, 3.05) is 6.61 Å². The van der Waals surface area contributed by atoms with Crippen molar-refractivity contribution in [2.45, 2.75) is 6.92 Å². The Labute approximate surface area is 178 Å². The van der Waals surface area contributed by atoms with Crippen LogP contribution in [0.15, 0.2) is 82.9 Å². The number of fused-ring (bicyclic) bond motifs is 1. The van der Waals surface area contributed by atoms with Gasteiger partial charge in [-0.25, -0.2) is 9.98 Å². The monoisotopic (exact) mass is 416 g/mol. The molecule has 4 aromatic rings. The van der Waals surface area contributed by atoms with Gasteiger partial charge in [-0.15, -0.1) is 11.3 Å². The van der Waals surface area contributed by atoms with Gasteiger partial charge in [-0.05, 0) is 61.0 Å². The van der Waals surface area contributed by atoms with Crippen LogP contribution in [-0.2, 0) is 0 Å². The third-order valence-corrected chi connectivity index (χ3v) is 5.18. The Hall–Kier alpha value is -3.71. The van der Waals surface area contributed by atoms with Gasteiger partial charge in [0.25, 0.3) is 0 Å². The number of hydrogen-bond acceptors (Lipinski definition) is 6. The molecule has 0 aliphatic heterocycles. The number of thiazole rings is 1. The molecule has 0 fully saturated rings. The van der Waals surface area contributed by atoms with Crippen LogP contribution in [0.1, 0.15) is 17.5 Å². The predicted molar refractivity (Wildman–Crippen MR) is 122 cm³/mol. The van der Waals surface area contributed by atoms with E-state index in [1.807, 2.05) is 61.5 Å². The molecule has 0 atom stereocenters. The van der Waals surface area contributed by atoms with Gasteiger partial charge in [0.2, 0.25) is 0 Å². The molecule has 0 saturated heterocycles. The highest BCUT2D eigenvalue weighted by atomic mass is 32.1. The number of benzene rings is 3. The van der Waals surface area contributed by atoms with Crippen molar-refractivity contribution in [1.82, 2.24) is 10.4 Å². The SMILES string of the molecule is CCOc1ccc(N=C(N/N=C/c2cccc(O)c2)c2nc3ccccc3s2)cc1. The van der Waals surface area contributed by atoms with Gasteiger partial charge in [-0.2, -0.15) is 5.10 Å². The highest BCUT2D eigenvalue weighted by molar-refractivity contribution is 7.20. The number of nitrogens with zero attached hydrogens (tertiary/aromatic N) is 3. The van der Waals surface area contributed by atoms with E-state index in [4.69, 9.17) is 9.73 Å². The first-order chi connectivity index (χ1) is 14.7. The zero-order valence-electron chi connectivity index (χ0n) is 16.3. The molecule has 3 aromatic carbocycles. The number of ether oxygens (including phenoxy) is 1. The third kappa shape index (κ3) is 4.82. The van der Waals surface area contributed by atoms with E-state index < -0.39 is 0 Å². The normalized spacial score (nSPS) is 11.8. The van der Waals surface area contributed by atoms with E-state index in [9.17, 15) is 5.11 Å². The van der Waals surface area contributed by atoms with Gasteiger partial charge in [0.1, 0.15) is 11.5 Å². The molecule has 0 amide bonds. The van der Waals surface area contributed by atoms with Gasteiger partial charge >= 0.3 is 0 Å². The van der Waals surface area contributed by atoms with Crippen LogP contribution in [-0.4, -0.2) is 28.7 Å². The lowest BCUT2D eigenvalue weighted by molar-refractivity contribution is 0.340. The summed E-state index contributed by atoms with van der Waals surface area (Å²) in [5, 5.41) is 14.6. The number of para-hydroxylation sites is 1. The first kappa shape index (κ1) is 19.6. The van der Waals surface area contributed by atoms with Crippen LogP contribution in [0.4, 0.5) is 5.69 Å². The van der Waals surface area contributed by atoms with Gasteiger partial charge in [0.15, 0.2) is 10.8 Å². The Morgan fingerprint density at radius 1 is 1.10 bits per heavy atom. The topological polar surface area (TPSA) is 79.1 Å². The van der Waals surface area contributed by atoms with Crippen molar-refractivity contribution in [1.29, 1.82) is 0 Å². The van der Waals surface area contributed by atoms with Crippen LogP contribution in [0.5, 0.6) is 11.5 Å². The maximum Gasteiger partial charge on any atom is 0.183 e. The fourth-order valence-electron chi connectivity index (χ4n) is 2.78.